The second kappa shape index (κ2) is 5.47. The third-order valence-corrected chi connectivity index (χ3v) is 3.09. The van der Waals surface area contributed by atoms with Crippen LogP contribution in [-0.2, 0) is 5.41 Å². The van der Waals surface area contributed by atoms with Gasteiger partial charge < -0.3 is 5.32 Å². The molecule has 21 heavy (non-hydrogen) atoms. The first-order chi connectivity index (χ1) is 9.82. The van der Waals surface area contributed by atoms with E-state index >= 15 is 0 Å². The van der Waals surface area contributed by atoms with Crippen molar-refractivity contribution in [3.63, 3.8) is 0 Å². The van der Waals surface area contributed by atoms with Crippen LogP contribution in [0.5, 0.6) is 0 Å². The van der Waals surface area contributed by atoms with Crippen molar-refractivity contribution in [2.24, 2.45) is 0 Å². The summed E-state index contributed by atoms with van der Waals surface area (Å²) in [6.07, 6.45) is 0. The molecule has 1 aromatic heterocycles. The molecule has 6 nitrogen and oxygen atoms in total. The van der Waals surface area contributed by atoms with Crippen LogP contribution < -0.4 is 5.32 Å². The zero-order valence-corrected chi connectivity index (χ0v) is 12.5. The van der Waals surface area contributed by atoms with Gasteiger partial charge in [0.2, 0.25) is 0 Å². The van der Waals surface area contributed by atoms with E-state index < -0.39 is 4.92 Å². The van der Waals surface area contributed by atoms with Gasteiger partial charge in [0.05, 0.1) is 16.2 Å². The fourth-order valence-corrected chi connectivity index (χ4v) is 1.90. The molecule has 0 saturated heterocycles. The number of hydrogen-bond donors (Lipinski definition) is 1. The summed E-state index contributed by atoms with van der Waals surface area (Å²) in [5.41, 5.74) is 1.08. The van der Waals surface area contributed by atoms with Crippen molar-refractivity contribution in [2.45, 2.75) is 26.2 Å². The van der Waals surface area contributed by atoms with Crippen molar-refractivity contribution in [1.82, 2.24) is 9.97 Å². The lowest BCUT2D eigenvalue weighted by Crippen LogP contribution is -2.15. The van der Waals surface area contributed by atoms with Gasteiger partial charge >= 0.3 is 0 Å². The van der Waals surface area contributed by atoms with E-state index in [9.17, 15) is 10.1 Å². The highest BCUT2D eigenvalue weighted by Crippen LogP contribution is 2.30. The molecule has 0 aliphatic carbocycles. The lowest BCUT2D eigenvalue weighted by Gasteiger charge is -2.19. The summed E-state index contributed by atoms with van der Waals surface area (Å²) in [6.45, 7) is 6.12. The largest absolute Gasteiger partial charge is 0.373 e. The van der Waals surface area contributed by atoms with Gasteiger partial charge in [-0.1, -0.05) is 32.9 Å². The smallest absolute Gasteiger partial charge is 0.280 e. The van der Waals surface area contributed by atoms with Gasteiger partial charge in [0.25, 0.3) is 5.69 Å². The Kier molecular flexibility index (Phi) is 3.88. The van der Waals surface area contributed by atoms with E-state index in [1.165, 1.54) is 6.07 Å². The fraction of sp³-hybridized carbons (Fsp3) is 0.333. The topological polar surface area (TPSA) is 81.0 Å². The minimum Gasteiger partial charge on any atom is -0.373 e. The van der Waals surface area contributed by atoms with Crippen LogP contribution in [0.3, 0.4) is 0 Å². The predicted octanol–water partition coefficient (Wildman–Crippen LogP) is 3.39. The van der Waals surface area contributed by atoms with Crippen molar-refractivity contribution in [3.8, 4) is 11.4 Å². The molecule has 0 saturated carbocycles. The van der Waals surface area contributed by atoms with Gasteiger partial charge in [0, 0.05) is 24.6 Å². The number of hydrogen-bond acceptors (Lipinski definition) is 5. The number of benzene rings is 1. The Labute approximate surface area is 123 Å². The molecule has 0 unspecified atom stereocenters. The van der Waals surface area contributed by atoms with E-state index in [4.69, 9.17) is 0 Å². The zero-order valence-electron chi connectivity index (χ0n) is 12.5. The second-order valence-electron chi connectivity index (χ2n) is 5.74. The number of rotatable bonds is 3. The molecule has 0 bridgehead atoms. The van der Waals surface area contributed by atoms with E-state index in [0.29, 0.717) is 17.2 Å². The van der Waals surface area contributed by atoms with Crippen molar-refractivity contribution < 1.29 is 4.92 Å². The lowest BCUT2D eigenvalue weighted by molar-refractivity contribution is -0.384. The standard InChI is InChI=1S/C15H18N4O2/c1-15(2,3)12-9-13(16-4)18-14(17-12)10-7-5-6-8-11(10)19(20)21/h5-9H,1-4H3,(H,16,17,18). The van der Waals surface area contributed by atoms with Gasteiger partial charge in [-0.2, -0.15) is 0 Å². The Morgan fingerprint density at radius 1 is 1.19 bits per heavy atom. The molecular formula is C15H18N4O2. The van der Waals surface area contributed by atoms with E-state index in [1.807, 2.05) is 26.8 Å². The molecule has 0 aliphatic rings. The van der Waals surface area contributed by atoms with E-state index in [0.717, 1.165) is 5.69 Å². The number of nitro groups is 1. The molecule has 1 N–H and O–H groups in total. The highest BCUT2D eigenvalue weighted by molar-refractivity contribution is 5.69. The van der Waals surface area contributed by atoms with Gasteiger partial charge in [-0.3, -0.25) is 10.1 Å². The quantitative estimate of drug-likeness (QED) is 0.691. The molecule has 0 atom stereocenters. The molecule has 0 amide bonds. The summed E-state index contributed by atoms with van der Waals surface area (Å²) in [6, 6.07) is 8.36. The summed E-state index contributed by atoms with van der Waals surface area (Å²) < 4.78 is 0. The highest BCUT2D eigenvalue weighted by atomic mass is 16.6. The second-order valence-corrected chi connectivity index (χ2v) is 5.74. The predicted molar refractivity (Wildman–Crippen MR) is 82.4 cm³/mol. The SMILES string of the molecule is CNc1cc(C(C)(C)C)nc(-c2ccccc2[N+](=O)[O-])n1. The third kappa shape index (κ3) is 3.16. The Morgan fingerprint density at radius 2 is 1.86 bits per heavy atom. The highest BCUT2D eigenvalue weighted by Gasteiger charge is 2.21. The maximum atomic E-state index is 11.2. The number of anilines is 1. The number of aromatic nitrogens is 2. The maximum absolute atomic E-state index is 11.2. The van der Waals surface area contributed by atoms with Crippen LogP contribution in [0.1, 0.15) is 26.5 Å². The molecule has 2 aromatic rings. The van der Waals surface area contributed by atoms with Crippen LogP contribution >= 0.6 is 0 Å². The first kappa shape index (κ1) is 14.9. The Bertz CT molecular complexity index is 678. The molecule has 0 fully saturated rings. The van der Waals surface area contributed by atoms with Crippen molar-refractivity contribution in [2.75, 3.05) is 12.4 Å². The monoisotopic (exact) mass is 286 g/mol. The third-order valence-electron chi connectivity index (χ3n) is 3.09. The Balaban J connectivity index is 2.67. The normalized spacial score (nSPS) is 11.2. The molecule has 0 radical (unpaired) electrons. The van der Waals surface area contributed by atoms with Crippen LogP contribution in [0.4, 0.5) is 11.5 Å². The van der Waals surface area contributed by atoms with Crippen LogP contribution in [0, 0.1) is 10.1 Å². The average molecular weight is 286 g/mol. The lowest BCUT2D eigenvalue weighted by atomic mass is 9.91. The molecule has 110 valence electrons. The molecule has 6 heteroatoms. The van der Waals surface area contributed by atoms with E-state index in [2.05, 4.69) is 15.3 Å². The molecule has 1 heterocycles. The Hall–Kier alpha value is -2.50. The molecule has 0 spiro atoms. The summed E-state index contributed by atoms with van der Waals surface area (Å²) in [5.74, 6) is 1.00. The minimum atomic E-state index is -0.415. The van der Waals surface area contributed by atoms with E-state index in [-0.39, 0.29) is 11.1 Å². The van der Waals surface area contributed by atoms with Crippen molar-refractivity contribution in [3.05, 3.63) is 46.1 Å². The summed E-state index contributed by atoms with van der Waals surface area (Å²) >= 11 is 0. The molecular weight excluding hydrogens is 268 g/mol. The van der Waals surface area contributed by atoms with Crippen molar-refractivity contribution in [1.29, 1.82) is 0 Å². The summed E-state index contributed by atoms with van der Waals surface area (Å²) in [7, 11) is 1.76. The molecule has 0 aliphatic heterocycles. The van der Waals surface area contributed by atoms with Crippen molar-refractivity contribution >= 4 is 11.5 Å². The van der Waals surface area contributed by atoms with Gasteiger partial charge in [-0.25, -0.2) is 9.97 Å². The molecule has 2 rings (SSSR count). The minimum absolute atomic E-state index is 0.00520. The fourth-order valence-electron chi connectivity index (χ4n) is 1.90. The zero-order chi connectivity index (χ0) is 15.6. The maximum Gasteiger partial charge on any atom is 0.280 e. The van der Waals surface area contributed by atoms with Crippen LogP contribution in [0.2, 0.25) is 0 Å². The average Bonchev–Trinajstić information content (AvgIpc) is 2.45. The number of nitro benzene ring substituents is 1. The summed E-state index contributed by atoms with van der Waals surface area (Å²) in [4.78, 5) is 19.6. The molecule has 1 aromatic carbocycles. The van der Waals surface area contributed by atoms with E-state index in [1.54, 1.807) is 25.2 Å². The Morgan fingerprint density at radius 3 is 2.43 bits per heavy atom. The van der Waals surface area contributed by atoms with Gasteiger partial charge in [0.1, 0.15) is 5.82 Å². The first-order valence-electron chi connectivity index (χ1n) is 6.64. The number of nitrogens with one attached hydrogen (secondary N) is 1. The number of nitrogens with zero attached hydrogens (tertiary/aromatic N) is 3. The van der Waals surface area contributed by atoms with Gasteiger partial charge in [0.15, 0.2) is 5.82 Å². The van der Waals surface area contributed by atoms with Crippen LogP contribution in [0.15, 0.2) is 30.3 Å². The summed E-state index contributed by atoms with van der Waals surface area (Å²) in [5, 5.41) is 14.1. The van der Waals surface area contributed by atoms with Crippen LogP contribution in [-0.4, -0.2) is 21.9 Å². The van der Waals surface area contributed by atoms with Gasteiger partial charge in [-0.15, -0.1) is 0 Å². The van der Waals surface area contributed by atoms with Crippen LogP contribution in [0.25, 0.3) is 11.4 Å². The van der Waals surface area contributed by atoms with Gasteiger partial charge in [-0.05, 0) is 6.07 Å². The first-order valence-corrected chi connectivity index (χ1v) is 6.64. The number of para-hydroxylation sites is 1.